The maximum atomic E-state index is 14.3. The molecule has 4 atom stereocenters. The summed E-state index contributed by atoms with van der Waals surface area (Å²) in [6, 6.07) is 23.8. The quantitative estimate of drug-likeness (QED) is 0.0250. The van der Waals surface area contributed by atoms with Crippen LogP contribution in [0.1, 0.15) is 123 Å². The molecule has 4 aliphatic carbocycles. The molecular formula is C97H88Cl2F5N17O12S4. The summed E-state index contributed by atoms with van der Waals surface area (Å²) < 4.78 is 179. The van der Waals surface area contributed by atoms with Gasteiger partial charge in [0.25, 0.3) is 0 Å². The van der Waals surface area contributed by atoms with Gasteiger partial charge >= 0.3 is 0 Å². The molecule has 4 aromatic carbocycles. The number of halogens is 7. The maximum absolute atomic E-state index is 14.3. The van der Waals surface area contributed by atoms with E-state index in [4.69, 9.17) is 29.8 Å². The van der Waals surface area contributed by atoms with Crippen molar-refractivity contribution in [3.63, 3.8) is 0 Å². The summed E-state index contributed by atoms with van der Waals surface area (Å²) in [4.78, 5) is 107. The Kier molecular flexibility index (Phi) is 28.0. The zero-order chi connectivity index (χ0) is 96.8. The molecule has 16 heterocycles. The van der Waals surface area contributed by atoms with E-state index in [2.05, 4.69) is 64.7 Å². The highest BCUT2D eigenvalue weighted by Crippen LogP contribution is 2.54. The van der Waals surface area contributed by atoms with Crippen molar-refractivity contribution in [3.05, 3.63) is 292 Å². The zero-order valence-electron chi connectivity index (χ0n) is 74.0. The molecule has 0 amide bonds. The standard InChI is InChI=1S/C25H22FN5O3S.2C24H22ClFN4O3S.C24H22F2N4O3S/c1-15-28-12-18(13-29-15)22-11-16(23(27-2)14-30-22)3-8-24(32)25-17-9-20(10-17)31(25)35(33,34)21-6-4-19(26)5-7-21;1-14-27-12-17(13-28-14)21-8-15(9-23(25)29-21)2-7-22(31)24-16-10-19(11-16)30(24)34(32,33)20-5-3-18(26)4-6-20;1-14-27-11-16(12-28-14)21-10-18(29-13-22(21)25)4-7-23(31)24-15-8-19(9-15)30(24)34(32,33)20-5-2-17(26)3-6-20;1-14-27-11-16(12-28-14)21-10-18(29-13-22(21)26)4-7-23(31)24-15-8-19(9-15)30(24)34(32,33)20-5-2-17(25)3-6-20/h4-7,11-14,17,20,25H,3,8-10H2,1H3;3-6,8-9,12-13,16,19,24H,2,7,10-11H2,1H3;2*2-3,5-6,10-13,15,19,24H,4,7-9H2,1H3/t17?,20?,25-;16?,19?,24-;2*15?,19?,24-/m0000/s1. The van der Waals surface area contributed by atoms with Crippen molar-refractivity contribution in [3.8, 4) is 44.8 Å². The molecule has 4 saturated carbocycles. The van der Waals surface area contributed by atoms with E-state index < -0.39 is 93.3 Å². The average Bonchev–Trinajstić information content (AvgIpc) is 1.58. The molecule has 0 N–H and O–H groups in total. The van der Waals surface area contributed by atoms with Gasteiger partial charge in [-0.15, -0.1) is 0 Å². The molecule has 137 heavy (non-hydrogen) atoms. The number of carbonyl (C=O) groups is 4. The fourth-order valence-corrected chi connectivity index (χ4v) is 27.2. The van der Waals surface area contributed by atoms with Crippen LogP contribution in [0.25, 0.3) is 49.6 Å². The first kappa shape index (κ1) is 96.5. The number of hydrogen-bond acceptors (Lipinski definition) is 24. The summed E-state index contributed by atoms with van der Waals surface area (Å²) in [6.07, 6.45) is 24.3. The van der Waals surface area contributed by atoms with Gasteiger partial charge in [0.15, 0.2) is 23.1 Å². The normalized spacial score (nSPS) is 21.8. The van der Waals surface area contributed by atoms with Crippen molar-refractivity contribution < 1.29 is 74.8 Å². The van der Waals surface area contributed by atoms with Crippen molar-refractivity contribution in [1.82, 2.24) is 77.0 Å². The molecule has 706 valence electrons. The molecule has 40 heteroatoms. The van der Waals surface area contributed by atoms with Crippen LogP contribution in [-0.2, 0) is 85.0 Å². The second-order valence-electron chi connectivity index (χ2n) is 35.2. The van der Waals surface area contributed by atoms with Gasteiger partial charge in [0, 0.05) is 157 Å². The van der Waals surface area contributed by atoms with Gasteiger partial charge in [0.2, 0.25) is 45.8 Å². The number of sulfonamides is 4. The number of Topliss-reactive ketones (excluding diaryl/α,β-unsaturated/α-hetero) is 4. The van der Waals surface area contributed by atoms with Crippen LogP contribution in [0.3, 0.4) is 0 Å². The second kappa shape index (κ2) is 39.7. The van der Waals surface area contributed by atoms with Crippen LogP contribution in [0.2, 0.25) is 10.2 Å². The monoisotopic (exact) mass is 1980 g/mol. The third-order valence-electron chi connectivity index (χ3n) is 26.5. The first-order valence-electron chi connectivity index (χ1n) is 44.2. The highest BCUT2D eigenvalue weighted by atomic mass is 35.5. The van der Waals surface area contributed by atoms with Gasteiger partial charge in [0.05, 0.1) is 72.9 Å². The Morgan fingerprint density at radius 3 is 1.01 bits per heavy atom. The Morgan fingerprint density at radius 2 is 0.664 bits per heavy atom. The Bertz CT molecular complexity index is 6960. The van der Waals surface area contributed by atoms with Gasteiger partial charge in [-0.3, -0.25) is 34.1 Å². The maximum Gasteiger partial charge on any atom is 0.243 e. The number of ketones is 4. The number of benzene rings is 4. The van der Waals surface area contributed by atoms with Gasteiger partial charge in [-0.1, -0.05) is 23.2 Å². The molecule has 8 bridgehead atoms. The van der Waals surface area contributed by atoms with E-state index in [1.54, 1.807) is 83.1 Å². The van der Waals surface area contributed by atoms with Crippen LogP contribution in [0.15, 0.2) is 215 Å². The summed E-state index contributed by atoms with van der Waals surface area (Å²) in [5.41, 5.74) is 7.92. The van der Waals surface area contributed by atoms with Gasteiger partial charge in [-0.05, 0) is 267 Å². The lowest BCUT2D eigenvalue weighted by Gasteiger charge is -2.25. The third-order valence-corrected chi connectivity index (χ3v) is 34.7. The smallest absolute Gasteiger partial charge is 0.243 e. The summed E-state index contributed by atoms with van der Waals surface area (Å²) in [7, 11) is -15.6. The van der Waals surface area contributed by atoms with Crippen molar-refractivity contribution in [2.75, 3.05) is 0 Å². The van der Waals surface area contributed by atoms with E-state index in [0.29, 0.717) is 154 Å². The van der Waals surface area contributed by atoms with E-state index in [-0.39, 0.29) is 129 Å². The van der Waals surface area contributed by atoms with Gasteiger partial charge in [-0.2, -0.15) is 17.2 Å². The van der Waals surface area contributed by atoms with Crippen LogP contribution >= 0.6 is 23.2 Å². The van der Waals surface area contributed by atoms with Crippen LogP contribution < -0.4 is 0 Å². The highest BCUT2D eigenvalue weighted by molar-refractivity contribution is 7.90. The van der Waals surface area contributed by atoms with Crippen LogP contribution in [0.4, 0.5) is 27.6 Å². The largest absolute Gasteiger partial charge is 0.298 e. The first-order chi connectivity index (χ1) is 65.5. The number of fused-ring (bicyclic) bond motifs is 4. The summed E-state index contributed by atoms with van der Waals surface area (Å²) in [5, 5.41) is 0.750. The minimum atomic E-state index is -3.93. The predicted molar refractivity (Wildman–Crippen MR) is 492 cm³/mol. The SMILES string of the molecule is Cc1ncc(-c2cc(CCC(=O)[C@@H]3C4CC(C4)N3S(=O)(=O)c3ccc(F)cc3)cc(Cl)n2)cn1.Cc1ncc(-c2cc(CCC(=O)[C@@H]3C4CC(C4)N3S(=O)(=O)c3ccc(F)cc3)ncc2Cl)cn1.Cc1ncc(-c2cc(CCC(=O)[C@@H]3C4CC(C4)N3S(=O)(=O)c3ccc(F)cc3)ncc2F)cn1.[C-]#[N+]c1cnc(-c2cnc(C)nc2)cc1CCC(=O)[C@@H]1C2CC(C2)N1S(=O)(=O)c1ccc(F)cc1. The van der Waals surface area contributed by atoms with E-state index >= 15 is 0 Å². The second-order valence-corrected chi connectivity index (χ2v) is 43.4. The van der Waals surface area contributed by atoms with Gasteiger partial charge in [0.1, 0.15) is 57.5 Å². The molecule has 8 saturated heterocycles. The number of hydrogen-bond donors (Lipinski definition) is 0. The molecule has 0 radical (unpaired) electrons. The number of rotatable bonds is 28. The highest BCUT2D eigenvalue weighted by Gasteiger charge is 2.62. The van der Waals surface area contributed by atoms with Crippen molar-refractivity contribution in [2.24, 2.45) is 23.7 Å². The lowest BCUT2D eigenvalue weighted by Crippen LogP contribution is -2.41. The Balaban J connectivity index is 0.000000127. The molecule has 24 rings (SSSR count). The molecule has 12 aliphatic rings. The molecule has 0 spiro atoms. The van der Waals surface area contributed by atoms with Crippen LogP contribution in [0.5, 0.6) is 0 Å². The minimum Gasteiger partial charge on any atom is -0.298 e. The predicted octanol–water partition coefficient (Wildman–Crippen LogP) is 15.4. The van der Waals surface area contributed by atoms with Crippen LogP contribution in [0, 0.1) is 87.0 Å². The van der Waals surface area contributed by atoms with Gasteiger partial charge in [-0.25, -0.2) is 105 Å². The number of aryl methyl sites for hydroxylation is 8. The van der Waals surface area contributed by atoms with Crippen molar-refractivity contribution in [2.45, 2.75) is 198 Å². The Morgan fingerprint density at radius 1 is 0.358 bits per heavy atom. The Labute approximate surface area is 797 Å². The molecule has 12 aromatic rings. The molecule has 29 nitrogen and oxygen atoms in total. The van der Waals surface area contributed by atoms with E-state index in [1.807, 2.05) is 12.1 Å². The van der Waals surface area contributed by atoms with E-state index in [1.165, 1.54) is 90.5 Å². The topological polar surface area (TPSA) is 377 Å². The molecular weight excluding hydrogens is 1890 g/mol. The molecule has 12 fully saturated rings. The fourth-order valence-electron chi connectivity index (χ4n) is 19.2. The minimum absolute atomic E-state index is 0.00331. The van der Waals surface area contributed by atoms with E-state index in [9.17, 15) is 74.8 Å². The number of carbonyl (C=O) groups excluding carboxylic acids is 4. The number of pyridine rings is 4. The summed E-state index contributed by atoms with van der Waals surface area (Å²) in [6.45, 7) is 14.6. The van der Waals surface area contributed by atoms with Gasteiger partial charge < -0.3 is 0 Å². The average molecular weight is 1980 g/mol. The molecule has 0 unspecified atom stereocenters. The lowest BCUT2D eigenvalue weighted by atomic mass is 9.81. The van der Waals surface area contributed by atoms with Crippen molar-refractivity contribution >= 4 is 92.1 Å². The molecule has 8 aromatic heterocycles. The zero-order valence-corrected chi connectivity index (χ0v) is 78.8. The van der Waals surface area contributed by atoms with E-state index in [0.717, 1.165) is 71.4 Å². The first-order valence-corrected chi connectivity index (χ1v) is 50.7. The number of aromatic nitrogens is 12. The third kappa shape index (κ3) is 20.3. The Hall–Kier alpha value is -12.2. The fraction of sp³-hybridized carbons (Fsp3) is 0.330. The molecule has 8 aliphatic heterocycles. The number of nitrogens with zero attached hydrogens (tertiary/aromatic N) is 17. The lowest BCUT2D eigenvalue weighted by molar-refractivity contribution is -0.123. The van der Waals surface area contributed by atoms with Crippen molar-refractivity contribution in [1.29, 1.82) is 0 Å². The summed E-state index contributed by atoms with van der Waals surface area (Å²) >= 11 is 12.5. The van der Waals surface area contributed by atoms with Crippen LogP contribution in [-0.4, -0.2) is 182 Å². The summed E-state index contributed by atoms with van der Waals surface area (Å²) in [5.74, 6) is -0.701.